The van der Waals surface area contributed by atoms with Crippen LogP contribution in [0, 0.1) is 5.41 Å². The van der Waals surface area contributed by atoms with Gasteiger partial charge >= 0.3 is 77.5 Å². The molecule has 1 N–H and O–H groups in total. The number of hydrogen-bond donors (Lipinski definition) is 1. The molecule has 0 aromatic rings. The molecule has 5 heteroatoms. The Hall–Kier alpha value is -0.995. The van der Waals surface area contributed by atoms with Gasteiger partial charge < -0.3 is 0 Å². The van der Waals surface area contributed by atoms with Gasteiger partial charge in [0.1, 0.15) is 0 Å². The van der Waals surface area contributed by atoms with Gasteiger partial charge in [-0.1, -0.05) is 0 Å². The molecule has 0 aliphatic rings. The molecule has 0 aromatic heterocycles. The molecule has 0 aliphatic heterocycles. The molecular formula is C8H14BNO3. The van der Waals surface area contributed by atoms with Gasteiger partial charge in [-0.15, -0.1) is 0 Å². The monoisotopic (exact) mass is 183 g/mol. The molecule has 0 heterocycles. The van der Waals surface area contributed by atoms with Crippen LogP contribution in [0.1, 0.15) is 27.2 Å². The summed E-state index contributed by atoms with van der Waals surface area (Å²) < 4.78 is 9.96. The van der Waals surface area contributed by atoms with E-state index < -0.39 is 12.0 Å². The molecule has 0 radical (unpaired) electrons. The molecule has 0 unspecified atom stereocenters. The Balaban J connectivity index is 4.35. The number of carbonyl (C=O) groups is 1. The van der Waals surface area contributed by atoms with Gasteiger partial charge in [0.2, 0.25) is 0 Å². The molecule has 0 bridgehead atoms. The van der Waals surface area contributed by atoms with E-state index in [0.29, 0.717) is 13.6 Å². The van der Waals surface area contributed by atoms with Crippen LogP contribution in [0.2, 0.25) is 0 Å². The van der Waals surface area contributed by atoms with E-state index >= 15 is 0 Å². The molecule has 0 rings (SSSR count). The summed E-state index contributed by atoms with van der Waals surface area (Å²) in [5.74, 6) is -0.993. The predicted molar refractivity (Wildman–Crippen MR) is 50.4 cm³/mol. The number of hydrogen-bond acceptors (Lipinski definition) is 3. The first-order valence-electron chi connectivity index (χ1n) is 4.06. The zero-order valence-corrected chi connectivity index (χ0v) is 8.15. The molecule has 0 aliphatic carbocycles. The molecule has 13 heavy (non-hydrogen) atoms. The third-order valence-corrected chi connectivity index (χ3v) is 1.42. The topological polar surface area (TPSA) is 66.7 Å². The average molecular weight is 183 g/mol. The van der Waals surface area contributed by atoms with Crippen LogP contribution in [0.3, 0.4) is 0 Å². The van der Waals surface area contributed by atoms with Gasteiger partial charge in [0, 0.05) is 0 Å². The second kappa shape index (κ2) is 4.89. The third kappa shape index (κ3) is 6.19. The van der Waals surface area contributed by atoms with Crippen LogP contribution >= 0.6 is 0 Å². The zero-order chi connectivity index (χ0) is 10.5. The molecule has 0 saturated heterocycles. The summed E-state index contributed by atoms with van der Waals surface area (Å²) >= 11 is 0. The van der Waals surface area contributed by atoms with Crippen molar-refractivity contribution in [1.29, 1.82) is 0 Å². The summed E-state index contributed by atoms with van der Waals surface area (Å²) in [5.41, 5.74) is -0.108. The van der Waals surface area contributed by atoms with Crippen molar-refractivity contribution in [3.8, 4) is 0 Å². The molecule has 0 fully saturated rings. The maximum absolute atomic E-state index is 10.7. The fraction of sp³-hybridized carbons (Fsp3) is 0.750. The van der Waals surface area contributed by atoms with Crippen molar-refractivity contribution in [2.24, 2.45) is 10.4 Å². The molecule has 4 nitrogen and oxygen atoms in total. The third-order valence-electron chi connectivity index (χ3n) is 1.42. The first-order chi connectivity index (χ1) is 5.87. The van der Waals surface area contributed by atoms with E-state index in [2.05, 4.69) is 4.99 Å². The normalized spacial score (nSPS) is 14.1. The maximum atomic E-state index is 10.7. The van der Waals surface area contributed by atoms with E-state index in [-0.39, 0.29) is 5.41 Å². The van der Waals surface area contributed by atoms with Gasteiger partial charge in [-0.2, -0.15) is 0 Å². The van der Waals surface area contributed by atoms with E-state index in [4.69, 9.17) is 5.11 Å². The Morgan fingerprint density at radius 1 is 1.62 bits per heavy atom. The SMILES string of the molecule is CC(C)(C)C[C@H](N=CB=O)C(=O)O. The van der Waals surface area contributed by atoms with Gasteiger partial charge in [0.05, 0.1) is 0 Å². The van der Waals surface area contributed by atoms with Crippen molar-refractivity contribution >= 4 is 19.2 Å². The summed E-state index contributed by atoms with van der Waals surface area (Å²) in [4.78, 5) is 14.3. The van der Waals surface area contributed by atoms with Crippen LogP contribution in [0.25, 0.3) is 0 Å². The van der Waals surface area contributed by atoms with Gasteiger partial charge in [-0.05, 0) is 0 Å². The summed E-state index contributed by atoms with van der Waals surface area (Å²) in [7, 11) is 0.485. The Morgan fingerprint density at radius 2 is 2.15 bits per heavy atom. The Morgan fingerprint density at radius 3 is 2.46 bits per heavy atom. The van der Waals surface area contributed by atoms with Crippen molar-refractivity contribution in [1.82, 2.24) is 0 Å². The second-order valence-corrected chi connectivity index (χ2v) is 4.05. The van der Waals surface area contributed by atoms with Crippen molar-refractivity contribution < 1.29 is 14.6 Å². The van der Waals surface area contributed by atoms with Crippen molar-refractivity contribution in [3.63, 3.8) is 0 Å². The second-order valence-electron chi connectivity index (χ2n) is 4.05. The predicted octanol–water partition coefficient (Wildman–Crippen LogP) is 0.954. The average Bonchev–Trinajstić information content (AvgIpc) is 1.95. The fourth-order valence-electron chi connectivity index (χ4n) is 0.923. The van der Waals surface area contributed by atoms with Crippen molar-refractivity contribution in [2.45, 2.75) is 33.2 Å². The van der Waals surface area contributed by atoms with E-state index in [9.17, 15) is 9.50 Å². The first-order valence-corrected chi connectivity index (χ1v) is 4.06. The molecule has 0 spiro atoms. The molecule has 72 valence electrons. The van der Waals surface area contributed by atoms with E-state index in [1.54, 1.807) is 0 Å². The minimum absolute atomic E-state index is 0.108. The number of aliphatic carboxylic acids is 1. The van der Waals surface area contributed by atoms with Crippen LogP contribution in [0.5, 0.6) is 0 Å². The summed E-state index contributed by atoms with van der Waals surface area (Å²) in [6, 6.07) is -0.815. The quantitative estimate of drug-likeness (QED) is 0.521. The minimum atomic E-state index is -0.993. The number of nitrogens with zero attached hydrogens (tertiary/aromatic N) is 1. The van der Waals surface area contributed by atoms with Crippen LogP contribution in [0.15, 0.2) is 4.99 Å². The van der Waals surface area contributed by atoms with Gasteiger partial charge in [-0.25, -0.2) is 0 Å². The van der Waals surface area contributed by atoms with Crippen molar-refractivity contribution in [2.75, 3.05) is 0 Å². The molecular weight excluding hydrogens is 169 g/mol. The van der Waals surface area contributed by atoms with Gasteiger partial charge in [0.25, 0.3) is 0 Å². The van der Waals surface area contributed by atoms with Crippen LogP contribution < -0.4 is 0 Å². The van der Waals surface area contributed by atoms with Crippen molar-refractivity contribution in [3.05, 3.63) is 0 Å². The van der Waals surface area contributed by atoms with Crippen LogP contribution in [-0.4, -0.2) is 30.4 Å². The zero-order valence-electron chi connectivity index (χ0n) is 8.15. The summed E-state index contributed by atoms with van der Waals surface area (Å²) in [5, 5.41) is 8.73. The summed E-state index contributed by atoms with van der Waals surface area (Å²) in [6.07, 6.45) is 1.41. The summed E-state index contributed by atoms with van der Waals surface area (Å²) in [6.45, 7) is 5.79. The first kappa shape index (κ1) is 12.0. The fourth-order valence-corrected chi connectivity index (χ4v) is 0.923. The van der Waals surface area contributed by atoms with E-state index in [1.807, 2.05) is 20.8 Å². The number of carboxylic acids is 1. The molecule has 1 atom stereocenters. The number of carboxylic acid groups (broad SMARTS) is 1. The van der Waals surface area contributed by atoms with E-state index in [0.717, 1.165) is 6.11 Å². The van der Waals surface area contributed by atoms with E-state index in [1.165, 1.54) is 0 Å². The number of aliphatic imine (C=N–C) groups is 1. The van der Waals surface area contributed by atoms with Crippen LogP contribution in [0.4, 0.5) is 0 Å². The molecule has 0 amide bonds. The molecule has 0 saturated carbocycles. The Bertz CT molecular complexity index is 220. The number of rotatable bonds is 4. The molecule has 0 aromatic carbocycles. The Labute approximate surface area is 78.3 Å². The van der Waals surface area contributed by atoms with Gasteiger partial charge in [-0.3, -0.25) is 0 Å². The van der Waals surface area contributed by atoms with Gasteiger partial charge in [0.15, 0.2) is 0 Å². The standard InChI is InChI=1S/C8H14BNO3/c1-8(2,3)4-6(7(11)12)10-5-9-13/h5-6H,4H2,1-3H3,(H,11,12)/t6-/m0/s1. The van der Waals surface area contributed by atoms with Crippen LogP contribution in [-0.2, 0) is 9.50 Å². The Kier molecular flexibility index (Phi) is 4.52.